The smallest absolute Gasteiger partial charge is 0.326 e. The van der Waals surface area contributed by atoms with Crippen LogP contribution in [0.4, 0.5) is 0 Å². The molecule has 0 rings (SSSR count). The Balaban J connectivity index is 5.53. The lowest BCUT2D eigenvalue weighted by Crippen LogP contribution is -2.58. The molecule has 174 valence electrons. The number of carbonyl (C=O) groups excluding carboxylic acids is 5. The fourth-order valence-corrected chi connectivity index (χ4v) is 2.10. The molecule has 0 heterocycles. The highest BCUT2D eigenvalue weighted by molar-refractivity contribution is 5.97. The van der Waals surface area contributed by atoms with Gasteiger partial charge in [0.05, 0.1) is 25.9 Å². The van der Waals surface area contributed by atoms with Crippen molar-refractivity contribution in [3.05, 3.63) is 0 Å². The molecule has 16 nitrogen and oxygen atoms in total. The third kappa shape index (κ3) is 10.5. The van der Waals surface area contributed by atoms with Gasteiger partial charge in [-0.05, 0) is 0 Å². The molecule has 4 atom stereocenters. The Bertz CT molecular complexity index is 742. The molecule has 4 unspecified atom stereocenters. The average molecular weight is 448 g/mol. The molecule has 0 saturated carbocycles. The van der Waals surface area contributed by atoms with Crippen LogP contribution in [0.25, 0.3) is 0 Å². The standard InChI is InChI=1S/C15H24N6O10/c16-5(4-22)12(27)19-6(1-9(17)23)13(28)20-7(3-11(25)26)14(29)21-8(15(30)31)2-10(18)24/h5-8,22H,1-4,16H2,(H2,17,23)(H2,18,24)(H,19,27)(H,20,28)(H,21,29)(H,25,26)(H,30,31). The second-order valence-corrected chi connectivity index (χ2v) is 6.25. The van der Waals surface area contributed by atoms with Gasteiger partial charge < -0.3 is 48.5 Å². The third-order valence-electron chi connectivity index (χ3n) is 3.60. The van der Waals surface area contributed by atoms with Gasteiger partial charge in [0, 0.05) is 0 Å². The fourth-order valence-electron chi connectivity index (χ4n) is 2.10. The van der Waals surface area contributed by atoms with E-state index < -0.39 is 91.5 Å². The minimum atomic E-state index is -1.86. The number of nitrogens with two attached hydrogens (primary N) is 3. The molecular weight excluding hydrogens is 424 g/mol. The first-order valence-corrected chi connectivity index (χ1v) is 8.57. The number of primary amides is 2. The summed E-state index contributed by atoms with van der Waals surface area (Å²) in [5, 5.41) is 32.7. The number of carboxylic acids is 2. The number of amides is 5. The second kappa shape index (κ2) is 12.7. The normalized spacial score (nSPS) is 14.3. The number of hydrogen-bond acceptors (Lipinski definition) is 9. The quantitative estimate of drug-likeness (QED) is 0.120. The van der Waals surface area contributed by atoms with Crippen molar-refractivity contribution in [2.75, 3.05) is 6.61 Å². The molecule has 31 heavy (non-hydrogen) atoms. The molecule has 0 spiro atoms. The van der Waals surface area contributed by atoms with E-state index in [2.05, 4.69) is 0 Å². The summed E-state index contributed by atoms with van der Waals surface area (Å²) in [6.45, 7) is -0.794. The van der Waals surface area contributed by atoms with Crippen LogP contribution in [0.15, 0.2) is 0 Å². The van der Waals surface area contributed by atoms with E-state index in [-0.39, 0.29) is 0 Å². The highest BCUT2D eigenvalue weighted by Crippen LogP contribution is 2.01. The summed E-state index contributed by atoms with van der Waals surface area (Å²) in [5.74, 6) is -8.90. The Labute approximate surface area is 174 Å². The lowest BCUT2D eigenvalue weighted by atomic mass is 10.1. The zero-order chi connectivity index (χ0) is 24.3. The van der Waals surface area contributed by atoms with E-state index in [1.807, 2.05) is 16.0 Å². The molecule has 0 fully saturated rings. The SMILES string of the molecule is NC(=O)CC(NC(=O)C(CC(=O)O)NC(=O)C(CC(N)=O)NC(=O)C(N)CO)C(=O)O. The van der Waals surface area contributed by atoms with Crippen LogP contribution in [0, 0.1) is 0 Å². The van der Waals surface area contributed by atoms with Crippen LogP contribution in [-0.2, 0) is 33.6 Å². The molecule has 0 aliphatic rings. The lowest BCUT2D eigenvalue weighted by molar-refractivity contribution is -0.145. The molecule has 5 amide bonds. The maximum absolute atomic E-state index is 12.4. The van der Waals surface area contributed by atoms with Crippen molar-refractivity contribution in [3.63, 3.8) is 0 Å². The Hall–Kier alpha value is -3.79. The first kappa shape index (κ1) is 27.2. The topological polar surface area (TPSA) is 294 Å². The van der Waals surface area contributed by atoms with Crippen molar-refractivity contribution in [1.29, 1.82) is 0 Å². The molecule has 0 aromatic carbocycles. The van der Waals surface area contributed by atoms with E-state index in [4.69, 9.17) is 32.5 Å². The average Bonchev–Trinajstić information content (AvgIpc) is 2.64. The predicted molar refractivity (Wildman–Crippen MR) is 98.4 cm³/mol. The van der Waals surface area contributed by atoms with E-state index in [1.165, 1.54) is 0 Å². The van der Waals surface area contributed by atoms with E-state index in [0.29, 0.717) is 0 Å². The highest BCUT2D eigenvalue weighted by Gasteiger charge is 2.32. The maximum Gasteiger partial charge on any atom is 0.326 e. The van der Waals surface area contributed by atoms with Gasteiger partial charge in [-0.3, -0.25) is 28.8 Å². The van der Waals surface area contributed by atoms with Crippen LogP contribution >= 0.6 is 0 Å². The number of aliphatic carboxylic acids is 2. The van der Waals surface area contributed by atoms with E-state index in [0.717, 1.165) is 0 Å². The van der Waals surface area contributed by atoms with E-state index in [9.17, 15) is 33.6 Å². The zero-order valence-corrected chi connectivity index (χ0v) is 16.1. The maximum atomic E-state index is 12.4. The van der Waals surface area contributed by atoms with Gasteiger partial charge in [-0.15, -0.1) is 0 Å². The van der Waals surface area contributed by atoms with Crippen molar-refractivity contribution in [3.8, 4) is 0 Å². The van der Waals surface area contributed by atoms with Crippen LogP contribution in [-0.4, -0.2) is 87.6 Å². The number of nitrogens with one attached hydrogen (secondary N) is 3. The third-order valence-corrected chi connectivity index (χ3v) is 3.60. The van der Waals surface area contributed by atoms with Gasteiger partial charge in [0.25, 0.3) is 0 Å². The van der Waals surface area contributed by atoms with Gasteiger partial charge in [0.2, 0.25) is 29.5 Å². The summed E-state index contributed by atoms with van der Waals surface area (Å²) in [5.41, 5.74) is 15.2. The lowest BCUT2D eigenvalue weighted by Gasteiger charge is -2.23. The number of hydrogen-bond donors (Lipinski definition) is 9. The molecular formula is C15H24N6O10. The molecule has 0 radical (unpaired) electrons. The van der Waals surface area contributed by atoms with Crippen LogP contribution < -0.4 is 33.2 Å². The minimum absolute atomic E-state index is 0.767. The monoisotopic (exact) mass is 448 g/mol. The second-order valence-electron chi connectivity index (χ2n) is 6.25. The van der Waals surface area contributed by atoms with Crippen molar-refractivity contribution in [2.24, 2.45) is 17.2 Å². The van der Waals surface area contributed by atoms with Crippen LogP contribution in [0.5, 0.6) is 0 Å². The molecule has 0 aliphatic carbocycles. The van der Waals surface area contributed by atoms with Crippen LogP contribution in [0.3, 0.4) is 0 Å². The number of rotatable bonds is 14. The number of carbonyl (C=O) groups is 7. The summed E-state index contributed by atoms with van der Waals surface area (Å²) in [4.78, 5) is 80.8. The Kier molecular flexibility index (Phi) is 11.2. The zero-order valence-electron chi connectivity index (χ0n) is 16.1. The summed E-state index contributed by atoms with van der Waals surface area (Å²) in [6.07, 6.45) is -2.60. The van der Waals surface area contributed by atoms with E-state index >= 15 is 0 Å². The minimum Gasteiger partial charge on any atom is -0.481 e. The van der Waals surface area contributed by atoms with Gasteiger partial charge in [-0.1, -0.05) is 0 Å². The van der Waals surface area contributed by atoms with Crippen molar-refractivity contribution in [1.82, 2.24) is 16.0 Å². The molecule has 0 aliphatic heterocycles. The highest BCUT2D eigenvalue weighted by atomic mass is 16.4. The molecule has 0 aromatic rings. The van der Waals surface area contributed by atoms with Gasteiger partial charge in [-0.2, -0.15) is 0 Å². The molecule has 0 saturated heterocycles. The first-order valence-electron chi connectivity index (χ1n) is 8.57. The van der Waals surface area contributed by atoms with Crippen LogP contribution in [0.2, 0.25) is 0 Å². The molecule has 0 aromatic heterocycles. The summed E-state index contributed by atoms with van der Waals surface area (Å²) >= 11 is 0. The summed E-state index contributed by atoms with van der Waals surface area (Å²) in [7, 11) is 0. The fraction of sp³-hybridized carbons (Fsp3) is 0.533. The molecule has 16 heteroatoms. The van der Waals surface area contributed by atoms with Gasteiger partial charge in [0.1, 0.15) is 24.2 Å². The largest absolute Gasteiger partial charge is 0.481 e. The van der Waals surface area contributed by atoms with Crippen molar-refractivity contribution >= 4 is 41.5 Å². The Morgan fingerprint density at radius 2 is 1.06 bits per heavy atom. The number of aliphatic hydroxyl groups is 1. The van der Waals surface area contributed by atoms with Gasteiger partial charge in [-0.25, -0.2) is 4.79 Å². The van der Waals surface area contributed by atoms with Gasteiger partial charge >= 0.3 is 11.9 Å². The van der Waals surface area contributed by atoms with Gasteiger partial charge in [0.15, 0.2) is 0 Å². The van der Waals surface area contributed by atoms with Crippen molar-refractivity contribution < 1.29 is 48.9 Å². The summed E-state index contributed by atoms with van der Waals surface area (Å²) < 4.78 is 0. The first-order chi connectivity index (χ1) is 14.3. The Morgan fingerprint density at radius 1 is 0.677 bits per heavy atom. The summed E-state index contributed by atoms with van der Waals surface area (Å²) in [6, 6.07) is -6.81. The number of aliphatic hydroxyl groups excluding tert-OH is 1. The predicted octanol–water partition coefficient (Wildman–Crippen LogP) is -5.93. The van der Waals surface area contributed by atoms with Crippen LogP contribution in [0.1, 0.15) is 19.3 Å². The van der Waals surface area contributed by atoms with E-state index in [1.54, 1.807) is 0 Å². The molecule has 12 N–H and O–H groups in total. The molecule has 0 bridgehead atoms. The van der Waals surface area contributed by atoms with Crippen molar-refractivity contribution in [2.45, 2.75) is 43.4 Å². The Morgan fingerprint density at radius 3 is 1.45 bits per heavy atom. The number of carboxylic acid groups (broad SMARTS) is 2.